The highest BCUT2D eigenvalue weighted by atomic mass is 16.5. The number of hydrogen-bond donors (Lipinski definition) is 1. The predicted molar refractivity (Wildman–Crippen MR) is 76.2 cm³/mol. The molecule has 1 aromatic heterocycles. The maximum Gasteiger partial charge on any atom is 0.323 e. The van der Waals surface area contributed by atoms with Crippen LogP contribution in [-0.4, -0.2) is 52.7 Å². The normalized spacial score (nSPS) is 15.1. The van der Waals surface area contributed by atoms with E-state index >= 15 is 0 Å². The molecule has 0 bridgehead atoms. The first-order valence-electron chi connectivity index (χ1n) is 7.01. The lowest BCUT2D eigenvalue weighted by Crippen LogP contribution is -2.46. The first-order chi connectivity index (χ1) is 10.5. The van der Waals surface area contributed by atoms with Crippen LogP contribution in [0.5, 0.6) is 0 Å². The Hall–Kier alpha value is -2.46. The summed E-state index contributed by atoms with van der Waals surface area (Å²) in [7, 11) is 0. The number of aliphatic carboxylic acids is 1. The molecule has 1 aliphatic rings. The fraction of sp³-hybridized carbons (Fsp3) is 0.467. The summed E-state index contributed by atoms with van der Waals surface area (Å²) in [6.45, 7) is 2.29. The maximum absolute atomic E-state index is 12.6. The Morgan fingerprint density at radius 2 is 2.14 bits per heavy atom. The van der Waals surface area contributed by atoms with E-state index in [9.17, 15) is 9.59 Å². The van der Waals surface area contributed by atoms with E-state index in [0.717, 1.165) is 0 Å². The number of aryl methyl sites for hydroxylation is 1. The largest absolute Gasteiger partial charge is 0.480 e. The summed E-state index contributed by atoms with van der Waals surface area (Å²) in [6.07, 6.45) is 1.21. The van der Waals surface area contributed by atoms with Gasteiger partial charge in [-0.05, 0) is 31.9 Å². The monoisotopic (exact) mass is 303 g/mol. The molecule has 22 heavy (non-hydrogen) atoms. The molecule has 0 atom stereocenters. The van der Waals surface area contributed by atoms with Gasteiger partial charge in [0.05, 0.1) is 11.3 Å². The first-order valence-corrected chi connectivity index (χ1v) is 7.01. The Morgan fingerprint density at radius 1 is 1.45 bits per heavy atom. The van der Waals surface area contributed by atoms with Crippen LogP contribution in [-0.2, 0) is 9.53 Å². The van der Waals surface area contributed by atoms with E-state index < -0.39 is 11.9 Å². The van der Waals surface area contributed by atoms with Gasteiger partial charge < -0.3 is 14.7 Å². The number of nitrogens with zero attached hydrogens (tertiary/aromatic N) is 3. The average Bonchev–Trinajstić information content (AvgIpc) is 2.52. The molecule has 0 unspecified atom stereocenters. The molecule has 1 aromatic rings. The van der Waals surface area contributed by atoms with E-state index in [1.54, 1.807) is 6.92 Å². The van der Waals surface area contributed by atoms with Gasteiger partial charge in [-0.15, -0.1) is 0 Å². The Bertz CT molecular complexity index is 618. The number of carbonyl (C=O) groups is 2. The molecule has 7 nitrogen and oxygen atoms in total. The molecule has 0 spiro atoms. The van der Waals surface area contributed by atoms with Gasteiger partial charge in [0.2, 0.25) is 0 Å². The summed E-state index contributed by atoms with van der Waals surface area (Å²) >= 11 is 0. The minimum atomic E-state index is -1.06. The van der Waals surface area contributed by atoms with Crippen molar-refractivity contribution in [1.29, 1.82) is 5.26 Å². The number of pyridine rings is 1. The smallest absolute Gasteiger partial charge is 0.323 e. The van der Waals surface area contributed by atoms with Crippen LogP contribution in [0.1, 0.15) is 34.6 Å². The van der Waals surface area contributed by atoms with E-state index in [-0.39, 0.29) is 18.3 Å². The number of rotatable bonds is 4. The minimum absolute atomic E-state index is 0.157. The van der Waals surface area contributed by atoms with Crippen molar-refractivity contribution >= 4 is 11.9 Å². The van der Waals surface area contributed by atoms with Gasteiger partial charge in [0.25, 0.3) is 5.91 Å². The fourth-order valence-electron chi connectivity index (χ4n) is 2.45. The molecule has 0 aliphatic carbocycles. The number of carboxylic acids is 1. The Morgan fingerprint density at radius 3 is 2.68 bits per heavy atom. The van der Waals surface area contributed by atoms with Crippen molar-refractivity contribution in [2.45, 2.75) is 25.8 Å². The van der Waals surface area contributed by atoms with Gasteiger partial charge >= 0.3 is 5.97 Å². The Kier molecular flexibility index (Phi) is 5.07. The van der Waals surface area contributed by atoms with Crippen LogP contribution in [0.25, 0.3) is 0 Å². The summed E-state index contributed by atoms with van der Waals surface area (Å²) in [5.41, 5.74) is 1.01. The van der Waals surface area contributed by atoms with Crippen LogP contribution < -0.4 is 0 Å². The highest BCUT2D eigenvalue weighted by Crippen LogP contribution is 2.17. The molecule has 0 saturated carbocycles. The van der Waals surface area contributed by atoms with Crippen molar-refractivity contribution in [2.24, 2.45) is 0 Å². The standard InChI is InChI=1S/C15H17N3O4/c1-10-11(8-16)2-3-13(17-10)15(21)18(9-14(19)20)12-4-6-22-7-5-12/h2-3,12H,4-7,9H2,1H3,(H,19,20). The lowest BCUT2D eigenvalue weighted by atomic mass is 10.1. The molecule has 1 aliphatic heterocycles. The lowest BCUT2D eigenvalue weighted by molar-refractivity contribution is -0.138. The van der Waals surface area contributed by atoms with Crippen LogP contribution in [0.2, 0.25) is 0 Å². The molecular weight excluding hydrogens is 286 g/mol. The fourth-order valence-corrected chi connectivity index (χ4v) is 2.45. The number of carbonyl (C=O) groups excluding carboxylic acids is 1. The molecule has 1 amide bonds. The number of nitriles is 1. The van der Waals surface area contributed by atoms with Crippen LogP contribution in [0.15, 0.2) is 12.1 Å². The average molecular weight is 303 g/mol. The molecule has 116 valence electrons. The molecule has 0 radical (unpaired) electrons. The zero-order chi connectivity index (χ0) is 16.1. The summed E-state index contributed by atoms with van der Waals surface area (Å²) in [5.74, 6) is -1.49. The number of carboxylic acid groups (broad SMARTS) is 1. The van der Waals surface area contributed by atoms with Crippen molar-refractivity contribution in [1.82, 2.24) is 9.88 Å². The van der Waals surface area contributed by atoms with E-state index in [1.165, 1.54) is 17.0 Å². The van der Waals surface area contributed by atoms with Gasteiger partial charge in [-0.3, -0.25) is 9.59 Å². The zero-order valence-electron chi connectivity index (χ0n) is 12.3. The van der Waals surface area contributed by atoms with Crippen molar-refractivity contribution in [3.05, 3.63) is 29.1 Å². The summed E-state index contributed by atoms with van der Waals surface area (Å²) in [6, 6.07) is 4.80. The molecule has 1 saturated heterocycles. The molecule has 1 N–H and O–H groups in total. The Labute approximate surface area is 128 Å². The van der Waals surface area contributed by atoms with E-state index in [0.29, 0.717) is 37.3 Å². The lowest BCUT2D eigenvalue weighted by Gasteiger charge is -2.33. The number of aromatic nitrogens is 1. The van der Waals surface area contributed by atoms with Gasteiger partial charge in [-0.1, -0.05) is 0 Å². The van der Waals surface area contributed by atoms with Crippen LogP contribution >= 0.6 is 0 Å². The van der Waals surface area contributed by atoms with E-state index in [4.69, 9.17) is 15.1 Å². The predicted octanol–water partition coefficient (Wildman–Crippen LogP) is 0.968. The topological polar surface area (TPSA) is 104 Å². The molecule has 2 heterocycles. The van der Waals surface area contributed by atoms with E-state index in [1.807, 2.05) is 6.07 Å². The maximum atomic E-state index is 12.6. The van der Waals surface area contributed by atoms with Crippen LogP contribution in [0.3, 0.4) is 0 Å². The van der Waals surface area contributed by atoms with Gasteiger partial charge in [0.1, 0.15) is 18.3 Å². The van der Waals surface area contributed by atoms with Crippen molar-refractivity contribution in [2.75, 3.05) is 19.8 Å². The second-order valence-electron chi connectivity index (χ2n) is 5.11. The second kappa shape index (κ2) is 7.00. The van der Waals surface area contributed by atoms with Crippen molar-refractivity contribution in [3.8, 4) is 6.07 Å². The summed E-state index contributed by atoms with van der Waals surface area (Å²) in [5, 5.41) is 18.0. The molecule has 2 rings (SSSR count). The highest BCUT2D eigenvalue weighted by molar-refractivity contribution is 5.94. The quantitative estimate of drug-likeness (QED) is 0.888. The highest BCUT2D eigenvalue weighted by Gasteiger charge is 2.29. The summed E-state index contributed by atoms with van der Waals surface area (Å²) in [4.78, 5) is 29.1. The van der Waals surface area contributed by atoms with Gasteiger partial charge in [0, 0.05) is 19.3 Å². The van der Waals surface area contributed by atoms with Gasteiger partial charge in [-0.2, -0.15) is 5.26 Å². The Balaban J connectivity index is 2.26. The summed E-state index contributed by atoms with van der Waals surface area (Å²) < 4.78 is 5.25. The number of ether oxygens (including phenoxy) is 1. The second-order valence-corrected chi connectivity index (χ2v) is 5.11. The third-order valence-corrected chi connectivity index (χ3v) is 3.62. The van der Waals surface area contributed by atoms with Gasteiger partial charge in [-0.25, -0.2) is 4.98 Å². The van der Waals surface area contributed by atoms with Crippen molar-refractivity contribution in [3.63, 3.8) is 0 Å². The SMILES string of the molecule is Cc1nc(C(=O)N(CC(=O)O)C2CCOCC2)ccc1C#N. The number of hydrogen-bond acceptors (Lipinski definition) is 5. The number of amides is 1. The van der Waals surface area contributed by atoms with Crippen LogP contribution in [0, 0.1) is 18.3 Å². The minimum Gasteiger partial charge on any atom is -0.480 e. The molecule has 7 heteroatoms. The van der Waals surface area contributed by atoms with Crippen molar-refractivity contribution < 1.29 is 19.4 Å². The zero-order valence-corrected chi connectivity index (χ0v) is 12.3. The van der Waals surface area contributed by atoms with Gasteiger partial charge in [0.15, 0.2) is 0 Å². The third kappa shape index (κ3) is 3.59. The molecule has 1 fully saturated rings. The van der Waals surface area contributed by atoms with E-state index in [2.05, 4.69) is 4.98 Å². The first kappa shape index (κ1) is 15.9. The molecule has 0 aromatic carbocycles. The van der Waals surface area contributed by atoms with Crippen LogP contribution in [0.4, 0.5) is 0 Å². The third-order valence-electron chi connectivity index (χ3n) is 3.62. The molecular formula is C15H17N3O4.